The Bertz CT molecular complexity index is 1110. The van der Waals surface area contributed by atoms with Crippen LogP contribution in [-0.2, 0) is 17.9 Å². The average molecular weight is 430 g/mol. The van der Waals surface area contributed by atoms with Gasteiger partial charge in [-0.05, 0) is 36.8 Å². The molecule has 2 aromatic carbocycles. The number of carbonyl (C=O) groups excluding carboxylic acids is 1. The zero-order chi connectivity index (χ0) is 22.1. The molecule has 1 heterocycles. The number of benzene rings is 2. The van der Waals surface area contributed by atoms with Gasteiger partial charge < -0.3 is 9.64 Å². The standard InChI is InChI=1S/C25H23N3O2S/c1-3-14-28(16-21-10-8-20(15-26)9-11-21)25(29)13-12-22-6-4-5-7-24(22)30-17-23-18-31-19(2)27-23/h3-13,18H,1,14,16-17H2,2H3/b13-12+. The third kappa shape index (κ3) is 6.39. The van der Waals surface area contributed by atoms with Gasteiger partial charge in [-0.15, -0.1) is 17.9 Å². The van der Waals surface area contributed by atoms with E-state index in [0.717, 1.165) is 21.8 Å². The first-order valence-electron chi connectivity index (χ1n) is 9.79. The molecule has 5 nitrogen and oxygen atoms in total. The number of aromatic nitrogens is 1. The molecule has 3 rings (SSSR count). The van der Waals surface area contributed by atoms with Crippen molar-refractivity contribution in [2.24, 2.45) is 0 Å². The maximum absolute atomic E-state index is 12.8. The van der Waals surface area contributed by atoms with Crippen molar-refractivity contribution in [3.63, 3.8) is 0 Å². The summed E-state index contributed by atoms with van der Waals surface area (Å²) in [4.78, 5) is 18.9. The molecule has 0 aliphatic rings. The quantitative estimate of drug-likeness (QED) is 0.349. The second kappa shape index (κ2) is 10.9. The third-order valence-electron chi connectivity index (χ3n) is 4.48. The Morgan fingerprint density at radius 3 is 2.71 bits per heavy atom. The van der Waals surface area contributed by atoms with Gasteiger partial charge in [0.15, 0.2) is 0 Å². The Balaban J connectivity index is 1.69. The maximum atomic E-state index is 12.8. The lowest BCUT2D eigenvalue weighted by atomic mass is 10.1. The first-order chi connectivity index (χ1) is 15.1. The van der Waals surface area contributed by atoms with Crippen molar-refractivity contribution in [2.75, 3.05) is 6.54 Å². The van der Waals surface area contributed by atoms with Crippen molar-refractivity contribution < 1.29 is 9.53 Å². The molecule has 31 heavy (non-hydrogen) atoms. The summed E-state index contributed by atoms with van der Waals surface area (Å²) in [5, 5.41) is 11.9. The van der Waals surface area contributed by atoms with Gasteiger partial charge in [0.05, 0.1) is 22.3 Å². The van der Waals surface area contributed by atoms with Gasteiger partial charge in [0.25, 0.3) is 0 Å². The van der Waals surface area contributed by atoms with Gasteiger partial charge in [0, 0.05) is 30.1 Å². The lowest BCUT2D eigenvalue weighted by Gasteiger charge is -2.19. The van der Waals surface area contributed by atoms with E-state index in [2.05, 4.69) is 17.6 Å². The minimum atomic E-state index is -0.130. The Labute approximate surface area is 186 Å². The number of hydrogen-bond donors (Lipinski definition) is 0. The summed E-state index contributed by atoms with van der Waals surface area (Å²) in [5.74, 6) is 0.564. The maximum Gasteiger partial charge on any atom is 0.247 e. The van der Waals surface area contributed by atoms with Crippen LogP contribution in [0, 0.1) is 18.3 Å². The number of nitrogens with zero attached hydrogens (tertiary/aromatic N) is 3. The van der Waals surface area contributed by atoms with Crippen molar-refractivity contribution in [3.05, 3.63) is 100 Å². The van der Waals surface area contributed by atoms with E-state index < -0.39 is 0 Å². The lowest BCUT2D eigenvalue weighted by Crippen LogP contribution is -2.29. The van der Waals surface area contributed by atoms with Gasteiger partial charge in [-0.25, -0.2) is 4.98 Å². The van der Waals surface area contributed by atoms with E-state index in [-0.39, 0.29) is 5.91 Å². The second-order valence-electron chi connectivity index (χ2n) is 6.83. The predicted octanol–water partition coefficient (Wildman–Crippen LogP) is 5.13. The molecule has 0 atom stereocenters. The molecule has 0 N–H and O–H groups in total. The van der Waals surface area contributed by atoms with Gasteiger partial charge in [-0.3, -0.25) is 4.79 Å². The predicted molar refractivity (Wildman–Crippen MR) is 123 cm³/mol. The van der Waals surface area contributed by atoms with E-state index in [1.807, 2.05) is 48.7 Å². The van der Waals surface area contributed by atoms with Crippen LogP contribution in [0.4, 0.5) is 0 Å². The Hall–Kier alpha value is -3.69. The topological polar surface area (TPSA) is 66.2 Å². The number of nitriles is 1. The Morgan fingerprint density at radius 1 is 1.26 bits per heavy atom. The molecule has 0 bridgehead atoms. The van der Waals surface area contributed by atoms with Crippen molar-refractivity contribution in [2.45, 2.75) is 20.1 Å². The summed E-state index contributed by atoms with van der Waals surface area (Å²) in [6.45, 7) is 6.95. The van der Waals surface area contributed by atoms with Gasteiger partial charge in [0.1, 0.15) is 12.4 Å². The summed E-state index contributed by atoms with van der Waals surface area (Å²) in [7, 11) is 0. The van der Waals surface area contributed by atoms with E-state index in [1.165, 1.54) is 0 Å². The highest BCUT2D eigenvalue weighted by Gasteiger charge is 2.11. The number of rotatable bonds is 9. The number of aryl methyl sites for hydroxylation is 1. The molecule has 0 saturated carbocycles. The molecule has 0 fully saturated rings. The van der Waals surface area contributed by atoms with Crippen LogP contribution in [0.25, 0.3) is 6.08 Å². The van der Waals surface area contributed by atoms with Gasteiger partial charge in [-0.1, -0.05) is 36.4 Å². The van der Waals surface area contributed by atoms with Crippen LogP contribution >= 0.6 is 11.3 Å². The number of ether oxygens (including phenoxy) is 1. The number of thiazole rings is 1. The van der Waals surface area contributed by atoms with Crippen molar-refractivity contribution in [3.8, 4) is 11.8 Å². The smallest absolute Gasteiger partial charge is 0.247 e. The molecule has 0 aliphatic carbocycles. The molecule has 1 amide bonds. The first kappa shape index (κ1) is 22.0. The van der Waals surface area contributed by atoms with Crippen LogP contribution in [0.3, 0.4) is 0 Å². The van der Waals surface area contributed by atoms with Crippen LogP contribution in [0.15, 0.2) is 72.6 Å². The fraction of sp³-hybridized carbons (Fsp3) is 0.160. The minimum Gasteiger partial charge on any atom is -0.487 e. The molecule has 0 spiro atoms. The summed E-state index contributed by atoms with van der Waals surface area (Å²) >= 11 is 1.59. The second-order valence-corrected chi connectivity index (χ2v) is 7.90. The van der Waals surface area contributed by atoms with E-state index in [9.17, 15) is 4.79 Å². The normalized spacial score (nSPS) is 10.6. The van der Waals surface area contributed by atoms with Crippen LogP contribution < -0.4 is 4.74 Å². The van der Waals surface area contributed by atoms with Gasteiger partial charge in [0.2, 0.25) is 5.91 Å². The molecule has 156 valence electrons. The summed E-state index contributed by atoms with van der Waals surface area (Å²) in [6.07, 6.45) is 5.00. The highest BCUT2D eigenvalue weighted by atomic mass is 32.1. The number of amides is 1. The van der Waals surface area contributed by atoms with Gasteiger partial charge >= 0.3 is 0 Å². The van der Waals surface area contributed by atoms with E-state index in [0.29, 0.717) is 31.0 Å². The van der Waals surface area contributed by atoms with Crippen LogP contribution in [0.2, 0.25) is 0 Å². The SMILES string of the molecule is C=CCN(Cc1ccc(C#N)cc1)C(=O)/C=C/c1ccccc1OCc1csc(C)n1. The summed E-state index contributed by atoms with van der Waals surface area (Å²) in [6, 6.07) is 16.9. The lowest BCUT2D eigenvalue weighted by molar-refractivity contribution is -0.126. The highest BCUT2D eigenvalue weighted by molar-refractivity contribution is 7.09. The van der Waals surface area contributed by atoms with E-state index >= 15 is 0 Å². The number of hydrogen-bond acceptors (Lipinski definition) is 5. The number of carbonyl (C=O) groups is 1. The summed E-state index contributed by atoms with van der Waals surface area (Å²) < 4.78 is 5.92. The molecule has 0 radical (unpaired) electrons. The molecule has 6 heteroatoms. The molecular formula is C25H23N3O2S. The molecule has 1 aromatic heterocycles. The fourth-order valence-electron chi connectivity index (χ4n) is 2.94. The van der Waals surface area contributed by atoms with Gasteiger partial charge in [-0.2, -0.15) is 5.26 Å². The molecule has 0 unspecified atom stereocenters. The van der Waals surface area contributed by atoms with E-state index in [1.54, 1.807) is 46.6 Å². The first-order valence-corrected chi connectivity index (χ1v) is 10.7. The Morgan fingerprint density at radius 2 is 2.03 bits per heavy atom. The average Bonchev–Trinajstić information content (AvgIpc) is 3.21. The zero-order valence-corrected chi connectivity index (χ0v) is 18.1. The van der Waals surface area contributed by atoms with Crippen molar-refractivity contribution in [1.82, 2.24) is 9.88 Å². The fourth-order valence-corrected chi connectivity index (χ4v) is 3.53. The molecular weight excluding hydrogens is 406 g/mol. The van der Waals surface area contributed by atoms with E-state index in [4.69, 9.17) is 10.00 Å². The zero-order valence-electron chi connectivity index (χ0n) is 17.3. The Kier molecular flexibility index (Phi) is 7.74. The van der Waals surface area contributed by atoms with Crippen LogP contribution in [-0.4, -0.2) is 22.3 Å². The van der Waals surface area contributed by atoms with Crippen molar-refractivity contribution in [1.29, 1.82) is 5.26 Å². The largest absolute Gasteiger partial charge is 0.487 e. The number of para-hydroxylation sites is 1. The molecule has 0 saturated heterocycles. The van der Waals surface area contributed by atoms with Crippen LogP contribution in [0.5, 0.6) is 5.75 Å². The minimum absolute atomic E-state index is 0.130. The third-order valence-corrected chi connectivity index (χ3v) is 5.31. The van der Waals surface area contributed by atoms with Crippen LogP contribution in [0.1, 0.15) is 27.4 Å². The van der Waals surface area contributed by atoms with Crippen molar-refractivity contribution >= 4 is 23.3 Å². The molecule has 3 aromatic rings. The highest BCUT2D eigenvalue weighted by Crippen LogP contribution is 2.21. The summed E-state index contributed by atoms with van der Waals surface area (Å²) in [5.41, 5.74) is 3.25. The molecule has 0 aliphatic heterocycles. The monoisotopic (exact) mass is 429 g/mol.